The van der Waals surface area contributed by atoms with Gasteiger partial charge in [0.15, 0.2) is 11.5 Å². The molecule has 1 N–H and O–H groups in total. The molecular weight excluding hydrogens is 589 g/mol. The minimum absolute atomic E-state index is 0.0687. The molecule has 1 unspecified atom stereocenters. The molecule has 0 radical (unpaired) electrons. The minimum Gasteiger partial charge on any atom is -0.450 e. The summed E-state index contributed by atoms with van der Waals surface area (Å²) in [5.41, 5.74) is 2.76. The van der Waals surface area contributed by atoms with Gasteiger partial charge in [-0.1, -0.05) is 31.2 Å². The normalized spacial score (nSPS) is 20.3. The number of ether oxygens (including phenoxy) is 2. The Balaban J connectivity index is 1.35. The number of carbonyl (C=O) groups is 1. The molecule has 13 heteroatoms. The average Bonchev–Trinajstić information content (AvgIpc) is 3.59. The monoisotopic (exact) mass is 627 g/mol. The summed E-state index contributed by atoms with van der Waals surface area (Å²) < 4.78 is 30.0. The lowest BCUT2D eigenvalue weighted by Gasteiger charge is -2.39. The van der Waals surface area contributed by atoms with Crippen LogP contribution >= 0.6 is 11.6 Å². The molecule has 3 atom stereocenters. The van der Waals surface area contributed by atoms with Gasteiger partial charge in [0.25, 0.3) is 0 Å². The smallest absolute Gasteiger partial charge is 0.407 e. The van der Waals surface area contributed by atoms with Crippen LogP contribution in [0.15, 0.2) is 24.7 Å². The number of carbonyl (C=O) groups excluding carboxylic acids is 1. The second kappa shape index (κ2) is 11.7. The first-order valence-electron chi connectivity index (χ1n) is 15.0. The number of benzene rings is 1. The maximum Gasteiger partial charge on any atom is 0.407 e. The van der Waals surface area contributed by atoms with Crippen LogP contribution in [-0.4, -0.2) is 69.8 Å². The van der Waals surface area contributed by atoms with Crippen molar-refractivity contribution >= 4 is 53.7 Å². The number of nitrogens with one attached hydrogen (secondary N) is 1. The first kappa shape index (κ1) is 29.8. The number of fused-ring (bicyclic) bond motifs is 4. The fraction of sp³-hybridized carbons (Fsp3) is 0.533. The number of rotatable bonds is 9. The van der Waals surface area contributed by atoms with E-state index in [1.165, 1.54) is 6.07 Å². The number of halogens is 2. The van der Waals surface area contributed by atoms with E-state index < -0.39 is 13.9 Å². The molecule has 0 saturated carbocycles. The van der Waals surface area contributed by atoms with E-state index in [0.29, 0.717) is 52.6 Å². The lowest BCUT2D eigenvalue weighted by molar-refractivity contribution is 0.0899. The fourth-order valence-electron chi connectivity index (χ4n) is 6.43. The van der Waals surface area contributed by atoms with Gasteiger partial charge in [-0.05, 0) is 44.7 Å². The Morgan fingerprint density at radius 1 is 1.16 bits per heavy atom. The molecule has 2 saturated heterocycles. The summed E-state index contributed by atoms with van der Waals surface area (Å²) in [6, 6.07) is 3.02. The number of hydrogen-bond donors (Lipinski definition) is 1. The Kier molecular flexibility index (Phi) is 8.12. The minimum atomic E-state index is -1.27. The zero-order valence-corrected chi connectivity index (χ0v) is 27.1. The second-order valence-electron chi connectivity index (χ2n) is 12.9. The molecule has 5 heterocycles. The Morgan fingerprint density at radius 2 is 1.91 bits per heavy atom. The predicted molar refractivity (Wildman–Crippen MR) is 169 cm³/mol. The van der Waals surface area contributed by atoms with Crippen molar-refractivity contribution in [2.45, 2.75) is 83.1 Å². The van der Waals surface area contributed by atoms with Crippen LogP contribution in [0.1, 0.15) is 32.6 Å². The average molecular weight is 628 g/mol. The van der Waals surface area contributed by atoms with Crippen molar-refractivity contribution in [2.24, 2.45) is 7.05 Å². The van der Waals surface area contributed by atoms with Crippen molar-refractivity contribution in [1.29, 1.82) is 0 Å². The van der Waals surface area contributed by atoms with Gasteiger partial charge in [-0.3, -0.25) is 4.68 Å². The van der Waals surface area contributed by atoms with Crippen LogP contribution < -0.4 is 10.2 Å². The van der Waals surface area contributed by atoms with E-state index in [-0.39, 0.29) is 29.7 Å². The number of piperidine rings is 1. The van der Waals surface area contributed by atoms with Gasteiger partial charge in [0.05, 0.1) is 17.8 Å². The molecule has 2 aliphatic rings. The van der Waals surface area contributed by atoms with E-state index >= 15 is 4.39 Å². The molecule has 230 valence electrons. The Hall–Kier alpha value is -3.22. The summed E-state index contributed by atoms with van der Waals surface area (Å²) in [5, 5.41) is 8.22. The van der Waals surface area contributed by atoms with Crippen LogP contribution in [0.2, 0.25) is 30.7 Å². The standard InChI is InChI=1S/C30H39ClFN7O3Si/c1-6-42-30(40)34-18-11-19-7-8-20(12-18)39(19)25-14-33-28-22(16-38(29(28)35-25)17-41-9-10-43(3,4)5)21-13-24(32)27-23(26(21)31)15-37(2)36-27/h13-16,18-20H,6-12,17H2,1-5H3,(H,34,40)/t18?,19-,20+. The first-order chi connectivity index (χ1) is 20.5. The van der Waals surface area contributed by atoms with E-state index in [9.17, 15) is 4.79 Å². The zero-order valence-electron chi connectivity index (χ0n) is 25.4. The van der Waals surface area contributed by atoms with Crippen molar-refractivity contribution in [1.82, 2.24) is 29.6 Å². The van der Waals surface area contributed by atoms with Crippen molar-refractivity contribution < 1.29 is 18.7 Å². The number of aromatic nitrogens is 5. The zero-order chi connectivity index (χ0) is 30.5. The van der Waals surface area contributed by atoms with Crippen molar-refractivity contribution in [3.8, 4) is 11.1 Å². The predicted octanol–water partition coefficient (Wildman–Crippen LogP) is 6.34. The van der Waals surface area contributed by atoms with E-state index in [1.54, 1.807) is 31.0 Å². The molecule has 1 amide bonds. The van der Waals surface area contributed by atoms with Crippen molar-refractivity contribution in [3.05, 3.63) is 35.5 Å². The quantitative estimate of drug-likeness (QED) is 0.171. The first-order valence-corrected chi connectivity index (χ1v) is 19.1. The summed E-state index contributed by atoms with van der Waals surface area (Å²) in [4.78, 5) is 24.5. The number of anilines is 1. The molecule has 2 bridgehead atoms. The third-order valence-electron chi connectivity index (χ3n) is 8.46. The summed E-state index contributed by atoms with van der Waals surface area (Å²) in [7, 11) is 0.480. The number of alkyl carbamates (subject to hydrolysis) is 1. The van der Waals surface area contributed by atoms with Gasteiger partial charge >= 0.3 is 6.09 Å². The maximum absolute atomic E-state index is 15.2. The second-order valence-corrected chi connectivity index (χ2v) is 18.9. The topological polar surface area (TPSA) is 99.3 Å². The highest BCUT2D eigenvalue weighted by atomic mass is 35.5. The van der Waals surface area contributed by atoms with Gasteiger partial charge in [-0.25, -0.2) is 19.2 Å². The van der Waals surface area contributed by atoms with E-state index in [0.717, 1.165) is 37.5 Å². The largest absolute Gasteiger partial charge is 0.450 e. The molecule has 2 fully saturated rings. The van der Waals surface area contributed by atoms with Gasteiger partial charge in [0.2, 0.25) is 0 Å². The maximum atomic E-state index is 15.2. The van der Waals surface area contributed by atoms with Gasteiger partial charge in [0.1, 0.15) is 23.6 Å². The molecule has 0 aliphatic carbocycles. The van der Waals surface area contributed by atoms with Crippen LogP contribution in [0.25, 0.3) is 33.2 Å². The van der Waals surface area contributed by atoms with Crippen LogP contribution in [0.4, 0.5) is 15.0 Å². The van der Waals surface area contributed by atoms with Crippen LogP contribution in [0, 0.1) is 5.82 Å². The summed E-state index contributed by atoms with van der Waals surface area (Å²) in [6.07, 6.45) is 8.77. The molecule has 3 aromatic heterocycles. The number of nitrogens with zero attached hydrogens (tertiary/aromatic N) is 6. The SMILES string of the molecule is CCOC(=O)NC1C[C@H]2CC[C@@H](C1)N2c1cnc2c(-c3cc(F)c4nn(C)cc4c3Cl)cn(COCC[Si](C)(C)C)c2n1. The van der Waals surface area contributed by atoms with Gasteiger partial charge in [0, 0.05) is 68.8 Å². The molecule has 4 aromatic rings. The Morgan fingerprint density at radius 3 is 2.60 bits per heavy atom. The Labute approximate surface area is 256 Å². The highest BCUT2D eigenvalue weighted by Crippen LogP contribution is 2.41. The van der Waals surface area contributed by atoms with Crippen LogP contribution in [-0.2, 0) is 23.3 Å². The van der Waals surface area contributed by atoms with Gasteiger partial charge in [-0.15, -0.1) is 0 Å². The molecule has 43 heavy (non-hydrogen) atoms. The third-order valence-corrected chi connectivity index (χ3v) is 10.6. The van der Waals surface area contributed by atoms with Gasteiger partial charge in [-0.2, -0.15) is 5.10 Å². The summed E-state index contributed by atoms with van der Waals surface area (Å²) in [6.45, 7) is 10.1. The van der Waals surface area contributed by atoms with E-state index in [4.69, 9.17) is 31.0 Å². The lowest BCUT2D eigenvalue weighted by Crippen LogP contribution is -2.51. The molecule has 6 rings (SSSR count). The molecule has 2 aliphatic heterocycles. The molecule has 0 spiro atoms. The van der Waals surface area contributed by atoms with Crippen molar-refractivity contribution in [3.63, 3.8) is 0 Å². The summed E-state index contributed by atoms with van der Waals surface area (Å²) >= 11 is 6.87. The molecule has 10 nitrogen and oxygen atoms in total. The highest BCUT2D eigenvalue weighted by molar-refractivity contribution is 6.76. The number of amides is 1. The Bertz CT molecular complexity index is 1660. The van der Waals surface area contributed by atoms with E-state index in [2.05, 4.69) is 35.0 Å². The van der Waals surface area contributed by atoms with Gasteiger partial charge < -0.3 is 24.3 Å². The fourth-order valence-corrected chi connectivity index (χ4v) is 7.48. The molecular formula is C30H39ClFN7O3Si. The highest BCUT2D eigenvalue weighted by Gasteiger charge is 2.42. The third kappa shape index (κ3) is 5.96. The van der Waals surface area contributed by atoms with Crippen molar-refractivity contribution in [2.75, 3.05) is 18.1 Å². The molecule has 1 aromatic carbocycles. The van der Waals surface area contributed by atoms with Crippen LogP contribution in [0.3, 0.4) is 0 Å². The lowest BCUT2D eigenvalue weighted by atomic mass is 9.97. The number of hydrogen-bond acceptors (Lipinski definition) is 7. The summed E-state index contributed by atoms with van der Waals surface area (Å²) in [5.74, 6) is 0.352. The van der Waals surface area contributed by atoms with E-state index in [1.807, 2.05) is 10.8 Å². The van der Waals surface area contributed by atoms with Crippen LogP contribution in [0.5, 0.6) is 0 Å². The number of aryl methyl sites for hydroxylation is 1.